The van der Waals surface area contributed by atoms with Gasteiger partial charge < -0.3 is 19.1 Å². The number of hydrogen-bond donors (Lipinski definition) is 0. The molecule has 0 fully saturated rings. The smallest absolute Gasteiger partial charge is 0.325 e. The summed E-state index contributed by atoms with van der Waals surface area (Å²) < 4.78 is 15.2. The summed E-state index contributed by atoms with van der Waals surface area (Å²) in [5.41, 5.74) is 1.16. The Kier molecular flexibility index (Phi) is 6.86. The Labute approximate surface area is 157 Å². The number of halogens is 1. The number of rotatable bonds is 7. The molecule has 0 heterocycles. The van der Waals surface area contributed by atoms with Crippen LogP contribution >= 0.6 is 11.6 Å². The van der Waals surface area contributed by atoms with Gasteiger partial charge in [-0.1, -0.05) is 23.7 Å². The first-order valence-electron chi connectivity index (χ1n) is 7.81. The third-order valence-electron chi connectivity index (χ3n) is 3.76. The molecule has 0 saturated carbocycles. The van der Waals surface area contributed by atoms with E-state index in [0.29, 0.717) is 22.1 Å². The van der Waals surface area contributed by atoms with Crippen molar-refractivity contribution in [3.05, 3.63) is 58.6 Å². The molecular formula is C19H20ClNO5. The molecule has 2 aromatic rings. The van der Waals surface area contributed by atoms with Crippen LogP contribution in [0.4, 0.5) is 0 Å². The number of amides is 1. The van der Waals surface area contributed by atoms with Gasteiger partial charge >= 0.3 is 5.97 Å². The minimum absolute atomic E-state index is 0.187. The molecule has 0 bridgehead atoms. The van der Waals surface area contributed by atoms with Gasteiger partial charge in [-0.05, 0) is 29.8 Å². The van der Waals surface area contributed by atoms with E-state index in [-0.39, 0.29) is 19.0 Å². The lowest BCUT2D eigenvalue weighted by atomic mass is 10.1. The summed E-state index contributed by atoms with van der Waals surface area (Å²) in [6.45, 7) is 0.0351. The van der Waals surface area contributed by atoms with Gasteiger partial charge in [0.25, 0.3) is 5.91 Å². The zero-order chi connectivity index (χ0) is 19.1. The number of hydrogen-bond acceptors (Lipinski definition) is 5. The van der Waals surface area contributed by atoms with Crippen molar-refractivity contribution in [1.29, 1.82) is 0 Å². The van der Waals surface area contributed by atoms with Gasteiger partial charge in [0.1, 0.15) is 18.0 Å². The van der Waals surface area contributed by atoms with Crippen molar-refractivity contribution in [2.45, 2.75) is 6.54 Å². The minimum Gasteiger partial charge on any atom is -0.497 e. The highest BCUT2D eigenvalue weighted by Gasteiger charge is 2.23. The Morgan fingerprint density at radius 3 is 2.27 bits per heavy atom. The lowest BCUT2D eigenvalue weighted by Crippen LogP contribution is -2.36. The molecule has 2 aromatic carbocycles. The monoisotopic (exact) mass is 377 g/mol. The van der Waals surface area contributed by atoms with Gasteiger partial charge in [0.05, 0.1) is 26.9 Å². The standard InChI is InChI=1S/C19H20ClNO5/c1-24-15-8-9-16(17(10-15)25-2)19(23)21(12-18(22)26-3)11-13-4-6-14(20)7-5-13/h4-10H,11-12H2,1-3H3. The van der Waals surface area contributed by atoms with E-state index in [0.717, 1.165) is 5.56 Å². The molecule has 0 saturated heterocycles. The van der Waals surface area contributed by atoms with Gasteiger partial charge in [0.15, 0.2) is 0 Å². The second-order valence-corrected chi connectivity index (χ2v) is 5.87. The summed E-state index contributed by atoms with van der Waals surface area (Å²) in [5, 5.41) is 0.594. The average molecular weight is 378 g/mol. The van der Waals surface area contributed by atoms with Crippen LogP contribution in [0.15, 0.2) is 42.5 Å². The fourth-order valence-corrected chi connectivity index (χ4v) is 2.50. The first kappa shape index (κ1) is 19.6. The van der Waals surface area contributed by atoms with E-state index in [4.69, 9.17) is 25.8 Å². The Balaban J connectivity index is 2.33. The summed E-state index contributed by atoms with van der Waals surface area (Å²) in [7, 11) is 4.27. The molecule has 0 aromatic heterocycles. The molecule has 1 amide bonds. The summed E-state index contributed by atoms with van der Waals surface area (Å²) in [4.78, 5) is 26.2. The number of methoxy groups -OCH3 is 3. The molecule has 138 valence electrons. The summed E-state index contributed by atoms with van der Waals surface area (Å²) in [5.74, 6) is 0.0561. The number of carbonyl (C=O) groups excluding carboxylic acids is 2. The Morgan fingerprint density at radius 2 is 1.69 bits per heavy atom. The Hall–Kier alpha value is -2.73. The van der Waals surface area contributed by atoms with Crippen molar-refractivity contribution < 1.29 is 23.8 Å². The maximum absolute atomic E-state index is 13.0. The van der Waals surface area contributed by atoms with Crippen molar-refractivity contribution in [3.63, 3.8) is 0 Å². The van der Waals surface area contributed by atoms with Crippen LogP contribution in [0, 0.1) is 0 Å². The second kappa shape index (κ2) is 9.10. The Morgan fingerprint density at radius 1 is 1.00 bits per heavy atom. The summed E-state index contributed by atoms with van der Waals surface area (Å²) >= 11 is 5.90. The van der Waals surface area contributed by atoms with Crippen LogP contribution in [-0.2, 0) is 16.1 Å². The van der Waals surface area contributed by atoms with Crippen LogP contribution in [-0.4, -0.2) is 44.7 Å². The SMILES string of the molecule is COC(=O)CN(Cc1ccc(Cl)cc1)C(=O)c1ccc(OC)cc1OC. The average Bonchev–Trinajstić information content (AvgIpc) is 2.67. The van der Waals surface area contributed by atoms with Crippen LogP contribution in [0.2, 0.25) is 5.02 Å². The first-order chi connectivity index (χ1) is 12.5. The molecule has 7 heteroatoms. The first-order valence-corrected chi connectivity index (χ1v) is 8.18. The fourth-order valence-electron chi connectivity index (χ4n) is 2.38. The highest BCUT2D eigenvalue weighted by atomic mass is 35.5. The Bertz CT molecular complexity index is 776. The van der Waals surface area contributed by atoms with Gasteiger partial charge in [0.2, 0.25) is 0 Å². The van der Waals surface area contributed by atoms with Crippen LogP contribution in [0.5, 0.6) is 11.5 Å². The number of carbonyl (C=O) groups is 2. The summed E-state index contributed by atoms with van der Waals surface area (Å²) in [6.07, 6.45) is 0. The zero-order valence-corrected chi connectivity index (χ0v) is 15.6. The van der Waals surface area contributed by atoms with Crippen molar-refractivity contribution in [3.8, 4) is 11.5 Å². The lowest BCUT2D eigenvalue weighted by molar-refractivity contribution is -0.141. The van der Waals surface area contributed by atoms with E-state index in [2.05, 4.69) is 0 Å². The van der Waals surface area contributed by atoms with Crippen LogP contribution in [0.1, 0.15) is 15.9 Å². The molecule has 0 atom stereocenters. The highest BCUT2D eigenvalue weighted by Crippen LogP contribution is 2.26. The van der Waals surface area contributed by atoms with E-state index in [1.165, 1.54) is 26.2 Å². The van der Waals surface area contributed by atoms with Crippen molar-refractivity contribution >= 4 is 23.5 Å². The molecule has 0 aliphatic carbocycles. The van der Waals surface area contributed by atoms with E-state index >= 15 is 0 Å². The molecule has 0 unspecified atom stereocenters. The predicted octanol–water partition coefficient (Wildman–Crippen LogP) is 3.17. The van der Waals surface area contributed by atoms with Crippen molar-refractivity contribution in [2.75, 3.05) is 27.9 Å². The summed E-state index contributed by atoms with van der Waals surface area (Å²) in [6, 6.07) is 11.9. The molecule has 0 aliphatic rings. The number of ether oxygens (including phenoxy) is 3. The quantitative estimate of drug-likeness (QED) is 0.693. The topological polar surface area (TPSA) is 65.1 Å². The third-order valence-corrected chi connectivity index (χ3v) is 4.01. The van der Waals surface area contributed by atoms with E-state index in [1.54, 1.807) is 42.5 Å². The van der Waals surface area contributed by atoms with Gasteiger partial charge in [-0.15, -0.1) is 0 Å². The third kappa shape index (κ3) is 4.89. The van der Waals surface area contributed by atoms with Crippen LogP contribution in [0.25, 0.3) is 0 Å². The fraction of sp³-hybridized carbons (Fsp3) is 0.263. The van der Waals surface area contributed by atoms with Gasteiger partial charge in [-0.25, -0.2) is 0 Å². The van der Waals surface area contributed by atoms with Gasteiger partial charge in [-0.3, -0.25) is 9.59 Å². The van der Waals surface area contributed by atoms with E-state index in [1.807, 2.05) is 0 Å². The maximum Gasteiger partial charge on any atom is 0.325 e. The van der Waals surface area contributed by atoms with Crippen LogP contribution < -0.4 is 9.47 Å². The minimum atomic E-state index is -0.514. The number of esters is 1. The number of nitrogens with zero attached hydrogens (tertiary/aromatic N) is 1. The molecule has 2 rings (SSSR count). The molecular weight excluding hydrogens is 358 g/mol. The highest BCUT2D eigenvalue weighted by molar-refractivity contribution is 6.30. The molecule has 26 heavy (non-hydrogen) atoms. The van der Waals surface area contributed by atoms with Gasteiger partial charge in [-0.2, -0.15) is 0 Å². The maximum atomic E-state index is 13.0. The second-order valence-electron chi connectivity index (χ2n) is 5.43. The number of benzene rings is 2. The normalized spacial score (nSPS) is 10.2. The molecule has 0 radical (unpaired) electrons. The zero-order valence-electron chi connectivity index (χ0n) is 14.8. The largest absolute Gasteiger partial charge is 0.497 e. The molecule has 0 N–H and O–H groups in total. The van der Waals surface area contributed by atoms with E-state index in [9.17, 15) is 9.59 Å². The van der Waals surface area contributed by atoms with Crippen molar-refractivity contribution in [2.24, 2.45) is 0 Å². The molecule has 0 spiro atoms. The van der Waals surface area contributed by atoms with Gasteiger partial charge in [0, 0.05) is 17.6 Å². The predicted molar refractivity (Wildman–Crippen MR) is 97.8 cm³/mol. The molecule has 0 aliphatic heterocycles. The van der Waals surface area contributed by atoms with E-state index < -0.39 is 5.97 Å². The molecule has 6 nitrogen and oxygen atoms in total. The lowest BCUT2D eigenvalue weighted by Gasteiger charge is -2.23. The van der Waals surface area contributed by atoms with Crippen LogP contribution in [0.3, 0.4) is 0 Å². The van der Waals surface area contributed by atoms with Crippen molar-refractivity contribution in [1.82, 2.24) is 4.90 Å².